The number of nitrogens with one attached hydrogen (secondary N) is 3. The summed E-state index contributed by atoms with van der Waals surface area (Å²) in [5.74, 6) is 1.48. The number of benzene rings is 1. The number of hydrogen-bond acceptors (Lipinski definition) is 4. The normalized spacial score (nSPS) is 15.7. The standard InChI is InChI=1S/C18H28N4O2S2/c1-5-19-17(25)21-11-14-13-10-16(24-4)15(23-3)9-12(13)7-8-22(14)18(26)20-6-2/h9-10,14H,5-8,11H2,1-4H3,(H,20,26)(H2,19,21,25)/t14-/m1/s1. The number of nitrogens with zero attached hydrogens (tertiary/aromatic N) is 1. The molecule has 1 aliphatic rings. The van der Waals surface area contributed by atoms with E-state index in [2.05, 4.69) is 33.0 Å². The summed E-state index contributed by atoms with van der Waals surface area (Å²) in [4.78, 5) is 2.22. The van der Waals surface area contributed by atoms with Crippen LogP contribution in [0.25, 0.3) is 0 Å². The summed E-state index contributed by atoms with van der Waals surface area (Å²) in [7, 11) is 3.31. The van der Waals surface area contributed by atoms with E-state index in [1.807, 2.05) is 13.8 Å². The molecule has 0 aromatic heterocycles. The van der Waals surface area contributed by atoms with Crippen LogP contribution >= 0.6 is 24.4 Å². The molecule has 144 valence electrons. The van der Waals surface area contributed by atoms with Gasteiger partial charge in [0.1, 0.15) is 0 Å². The van der Waals surface area contributed by atoms with E-state index in [-0.39, 0.29) is 6.04 Å². The molecule has 2 rings (SSSR count). The van der Waals surface area contributed by atoms with Gasteiger partial charge in [0.2, 0.25) is 0 Å². The third kappa shape index (κ3) is 4.67. The number of ether oxygens (including phenoxy) is 2. The second kappa shape index (κ2) is 9.78. The van der Waals surface area contributed by atoms with Crippen LogP contribution in [0.1, 0.15) is 31.0 Å². The maximum absolute atomic E-state index is 5.60. The lowest BCUT2D eigenvalue weighted by molar-refractivity contribution is 0.290. The SMILES string of the molecule is CCNC(=S)NC[C@@H]1c2cc(OC)c(OC)cc2CCN1C(=S)NCC. The molecule has 0 spiro atoms. The van der Waals surface area contributed by atoms with Crippen LogP contribution < -0.4 is 25.4 Å². The lowest BCUT2D eigenvalue weighted by Gasteiger charge is -2.39. The summed E-state index contributed by atoms with van der Waals surface area (Å²) in [6, 6.07) is 4.18. The number of methoxy groups -OCH3 is 2. The van der Waals surface area contributed by atoms with Gasteiger partial charge in [-0.15, -0.1) is 0 Å². The Morgan fingerprint density at radius 3 is 2.35 bits per heavy atom. The van der Waals surface area contributed by atoms with Gasteiger partial charge in [-0.2, -0.15) is 0 Å². The van der Waals surface area contributed by atoms with Crippen LogP contribution in [-0.4, -0.2) is 55.5 Å². The maximum Gasteiger partial charge on any atom is 0.169 e. The highest BCUT2D eigenvalue weighted by Gasteiger charge is 2.30. The molecule has 1 aliphatic heterocycles. The molecule has 3 N–H and O–H groups in total. The predicted molar refractivity (Wildman–Crippen MR) is 113 cm³/mol. The van der Waals surface area contributed by atoms with Gasteiger partial charge in [-0.3, -0.25) is 0 Å². The first-order valence-electron chi connectivity index (χ1n) is 8.86. The maximum atomic E-state index is 5.60. The summed E-state index contributed by atoms with van der Waals surface area (Å²) in [6.07, 6.45) is 0.898. The van der Waals surface area contributed by atoms with Crippen LogP contribution in [-0.2, 0) is 6.42 Å². The van der Waals surface area contributed by atoms with Gasteiger partial charge in [0.25, 0.3) is 0 Å². The van der Waals surface area contributed by atoms with Crippen LogP contribution in [0.2, 0.25) is 0 Å². The van der Waals surface area contributed by atoms with Crippen molar-refractivity contribution in [3.63, 3.8) is 0 Å². The first-order chi connectivity index (χ1) is 12.5. The fraction of sp³-hybridized carbons (Fsp3) is 0.556. The van der Waals surface area contributed by atoms with Gasteiger partial charge < -0.3 is 30.3 Å². The van der Waals surface area contributed by atoms with E-state index >= 15 is 0 Å². The Morgan fingerprint density at radius 2 is 1.73 bits per heavy atom. The molecular weight excluding hydrogens is 368 g/mol. The predicted octanol–water partition coefficient (Wildman–Crippen LogP) is 1.98. The average molecular weight is 397 g/mol. The minimum atomic E-state index is 0.0571. The molecule has 0 bridgehead atoms. The third-order valence-electron chi connectivity index (χ3n) is 4.38. The van der Waals surface area contributed by atoms with Crippen molar-refractivity contribution in [3.05, 3.63) is 23.3 Å². The van der Waals surface area contributed by atoms with E-state index in [4.69, 9.17) is 33.9 Å². The van der Waals surface area contributed by atoms with Gasteiger partial charge in [0, 0.05) is 26.2 Å². The largest absolute Gasteiger partial charge is 0.493 e. The third-order valence-corrected chi connectivity index (χ3v) is 5.05. The van der Waals surface area contributed by atoms with Crippen molar-refractivity contribution in [1.29, 1.82) is 0 Å². The molecular formula is C18H28N4O2S2. The number of rotatable bonds is 6. The minimum Gasteiger partial charge on any atom is -0.493 e. The summed E-state index contributed by atoms with van der Waals surface area (Å²) >= 11 is 10.9. The van der Waals surface area contributed by atoms with E-state index in [1.54, 1.807) is 14.2 Å². The fourth-order valence-corrected chi connectivity index (χ4v) is 3.75. The topological polar surface area (TPSA) is 57.8 Å². The summed E-state index contributed by atoms with van der Waals surface area (Å²) in [6.45, 7) is 7.15. The van der Waals surface area contributed by atoms with Gasteiger partial charge in [0.05, 0.1) is 20.3 Å². The van der Waals surface area contributed by atoms with E-state index in [1.165, 1.54) is 11.1 Å². The van der Waals surface area contributed by atoms with Crippen molar-refractivity contribution in [2.45, 2.75) is 26.3 Å². The van der Waals surface area contributed by atoms with E-state index in [0.29, 0.717) is 11.7 Å². The molecule has 26 heavy (non-hydrogen) atoms. The Kier molecular flexibility index (Phi) is 7.71. The molecule has 1 atom stereocenters. The molecule has 6 nitrogen and oxygen atoms in total. The molecule has 0 saturated heterocycles. The van der Waals surface area contributed by atoms with Gasteiger partial charge in [-0.25, -0.2) is 0 Å². The number of fused-ring (bicyclic) bond motifs is 1. The summed E-state index contributed by atoms with van der Waals surface area (Å²) in [5, 5.41) is 11.1. The molecule has 0 fully saturated rings. The molecule has 1 heterocycles. The fourth-order valence-electron chi connectivity index (χ4n) is 3.16. The van der Waals surface area contributed by atoms with Gasteiger partial charge >= 0.3 is 0 Å². The summed E-state index contributed by atoms with van der Waals surface area (Å²) < 4.78 is 11.0. The lowest BCUT2D eigenvalue weighted by Crippen LogP contribution is -2.49. The minimum absolute atomic E-state index is 0.0571. The van der Waals surface area contributed by atoms with Crippen molar-refractivity contribution >= 4 is 34.7 Å². The second-order valence-electron chi connectivity index (χ2n) is 5.94. The van der Waals surface area contributed by atoms with Crippen molar-refractivity contribution in [2.75, 3.05) is 40.4 Å². The first-order valence-corrected chi connectivity index (χ1v) is 9.68. The molecule has 1 aromatic rings. The molecule has 0 amide bonds. The van der Waals surface area contributed by atoms with Crippen molar-refractivity contribution in [1.82, 2.24) is 20.9 Å². The van der Waals surface area contributed by atoms with Crippen LogP contribution in [0.4, 0.5) is 0 Å². The average Bonchev–Trinajstić information content (AvgIpc) is 2.65. The number of thiocarbonyl (C=S) groups is 2. The van der Waals surface area contributed by atoms with E-state index in [9.17, 15) is 0 Å². The zero-order valence-electron chi connectivity index (χ0n) is 15.8. The van der Waals surface area contributed by atoms with Gasteiger partial charge in [-0.05, 0) is 68.0 Å². The van der Waals surface area contributed by atoms with Crippen LogP contribution in [0.3, 0.4) is 0 Å². The van der Waals surface area contributed by atoms with E-state index < -0.39 is 0 Å². The van der Waals surface area contributed by atoms with Crippen molar-refractivity contribution in [3.8, 4) is 11.5 Å². The Hall–Kier alpha value is -1.80. The Labute approximate surface area is 166 Å². The Balaban J connectivity index is 2.35. The zero-order chi connectivity index (χ0) is 19.1. The highest BCUT2D eigenvalue weighted by atomic mass is 32.1. The smallest absolute Gasteiger partial charge is 0.169 e. The molecule has 1 aromatic carbocycles. The Bertz CT molecular complexity index is 654. The molecule has 0 radical (unpaired) electrons. The molecule has 8 heteroatoms. The first kappa shape index (κ1) is 20.5. The van der Waals surface area contributed by atoms with Crippen LogP contribution in [0.5, 0.6) is 11.5 Å². The quantitative estimate of drug-likeness (QED) is 0.631. The van der Waals surface area contributed by atoms with Crippen LogP contribution in [0, 0.1) is 0 Å². The molecule has 0 saturated carbocycles. The van der Waals surface area contributed by atoms with E-state index in [0.717, 1.165) is 42.7 Å². The van der Waals surface area contributed by atoms with Crippen molar-refractivity contribution < 1.29 is 9.47 Å². The Morgan fingerprint density at radius 1 is 1.08 bits per heavy atom. The zero-order valence-corrected chi connectivity index (χ0v) is 17.5. The summed E-state index contributed by atoms with van der Waals surface area (Å²) in [5.41, 5.74) is 2.43. The molecule has 0 unspecified atom stereocenters. The van der Waals surface area contributed by atoms with Gasteiger partial charge in [-0.1, -0.05) is 0 Å². The van der Waals surface area contributed by atoms with Crippen LogP contribution in [0.15, 0.2) is 12.1 Å². The van der Waals surface area contributed by atoms with Gasteiger partial charge in [0.15, 0.2) is 21.7 Å². The monoisotopic (exact) mass is 396 g/mol. The lowest BCUT2D eigenvalue weighted by atomic mass is 9.92. The number of hydrogen-bond donors (Lipinski definition) is 3. The second-order valence-corrected chi connectivity index (χ2v) is 6.74. The highest BCUT2D eigenvalue weighted by molar-refractivity contribution is 7.80. The highest BCUT2D eigenvalue weighted by Crippen LogP contribution is 2.37. The molecule has 0 aliphatic carbocycles. The van der Waals surface area contributed by atoms with Crippen molar-refractivity contribution in [2.24, 2.45) is 0 Å².